The van der Waals surface area contributed by atoms with Crippen LogP contribution in [0.15, 0.2) is 42.9 Å². The van der Waals surface area contributed by atoms with Crippen LogP contribution in [0.25, 0.3) is 22.6 Å². The third-order valence-electron chi connectivity index (χ3n) is 7.67. The molecule has 7 rings (SSSR count). The van der Waals surface area contributed by atoms with E-state index in [-0.39, 0.29) is 5.60 Å². The molecule has 1 N–H and O–H groups in total. The third kappa shape index (κ3) is 3.79. The van der Waals surface area contributed by atoms with Gasteiger partial charge in [0.05, 0.1) is 17.3 Å². The van der Waals surface area contributed by atoms with Crippen LogP contribution >= 0.6 is 11.6 Å². The molecule has 2 atom stereocenters. The second-order valence-corrected chi connectivity index (χ2v) is 11.0. The maximum Gasteiger partial charge on any atom is 0.245 e. The Labute approximate surface area is 214 Å². The Balaban J connectivity index is 1.33. The highest BCUT2D eigenvalue weighted by molar-refractivity contribution is 6.33. The van der Waals surface area contributed by atoms with Gasteiger partial charge < -0.3 is 19.5 Å². The number of piperazine rings is 1. The molecule has 3 aliphatic rings. The maximum atomic E-state index is 6.95. The molecule has 0 unspecified atom stereocenters. The van der Waals surface area contributed by atoms with E-state index in [1.54, 1.807) is 6.33 Å². The summed E-state index contributed by atoms with van der Waals surface area (Å²) in [7, 11) is 0. The average molecular weight is 502 g/mol. The lowest BCUT2D eigenvalue weighted by atomic mass is 10.1. The molecule has 0 spiro atoms. The van der Waals surface area contributed by atoms with Gasteiger partial charge in [-0.2, -0.15) is 4.98 Å². The first-order chi connectivity index (χ1) is 17.5. The van der Waals surface area contributed by atoms with E-state index >= 15 is 0 Å². The van der Waals surface area contributed by atoms with Crippen molar-refractivity contribution in [2.45, 2.75) is 57.3 Å². The van der Waals surface area contributed by atoms with Crippen molar-refractivity contribution in [3.8, 4) is 17.3 Å². The third-order valence-corrected chi connectivity index (χ3v) is 7.98. The monoisotopic (exact) mass is 501 g/mol. The van der Waals surface area contributed by atoms with Crippen LogP contribution in [0.1, 0.15) is 37.4 Å². The molecule has 184 valence electrons. The van der Waals surface area contributed by atoms with Crippen LogP contribution in [-0.4, -0.2) is 55.3 Å². The van der Waals surface area contributed by atoms with E-state index in [0.717, 1.165) is 54.3 Å². The van der Waals surface area contributed by atoms with E-state index < -0.39 is 0 Å². The Hall–Kier alpha value is -3.23. The van der Waals surface area contributed by atoms with Crippen LogP contribution < -0.4 is 15.0 Å². The highest BCUT2D eigenvalue weighted by atomic mass is 35.5. The van der Waals surface area contributed by atoms with E-state index in [0.29, 0.717) is 40.7 Å². The number of nitrogens with one attached hydrogen (secondary N) is 1. The lowest BCUT2D eigenvalue weighted by Gasteiger charge is -2.30. The molecule has 4 aromatic rings. The molecule has 2 bridgehead atoms. The van der Waals surface area contributed by atoms with Crippen molar-refractivity contribution in [2.75, 3.05) is 18.0 Å². The van der Waals surface area contributed by atoms with Gasteiger partial charge in [0.1, 0.15) is 17.8 Å². The molecule has 2 saturated heterocycles. The number of hydrogen-bond donors (Lipinski definition) is 1. The number of aryl methyl sites for hydroxylation is 1. The zero-order valence-electron chi connectivity index (χ0n) is 20.4. The number of aromatic nitrogens is 5. The van der Waals surface area contributed by atoms with Crippen molar-refractivity contribution in [2.24, 2.45) is 0 Å². The number of nitrogens with zero attached hydrogens (tertiary/aromatic N) is 6. The lowest BCUT2D eigenvalue weighted by molar-refractivity contribution is 0.194. The van der Waals surface area contributed by atoms with Gasteiger partial charge in [-0.25, -0.2) is 9.97 Å². The fourth-order valence-electron chi connectivity index (χ4n) is 5.45. The summed E-state index contributed by atoms with van der Waals surface area (Å²) < 4.78 is 8.33. The summed E-state index contributed by atoms with van der Waals surface area (Å²) >= 11 is 6.95. The summed E-state index contributed by atoms with van der Waals surface area (Å²) in [6.07, 6.45) is 6.61. The van der Waals surface area contributed by atoms with Gasteiger partial charge in [-0.05, 0) is 69.0 Å². The van der Waals surface area contributed by atoms with Crippen LogP contribution in [0.2, 0.25) is 5.02 Å². The van der Waals surface area contributed by atoms with E-state index in [4.69, 9.17) is 21.3 Å². The number of fused-ring (bicyclic) bond motifs is 3. The van der Waals surface area contributed by atoms with Crippen molar-refractivity contribution in [3.05, 3.63) is 59.1 Å². The summed E-state index contributed by atoms with van der Waals surface area (Å²) in [5.74, 6) is 1.26. The molecule has 1 saturated carbocycles. The highest BCUT2D eigenvalue weighted by Crippen LogP contribution is 2.42. The smallest absolute Gasteiger partial charge is 0.245 e. The van der Waals surface area contributed by atoms with E-state index in [1.165, 1.54) is 6.42 Å². The quantitative estimate of drug-likeness (QED) is 0.420. The molecule has 36 heavy (non-hydrogen) atoms. The van der Waals surface area contributed by atoms with Crippen molar-refractivity contribution in [1.82, 2.24) is 29.8 Å². The first-order valence-electron chi connectivity index (χ1n) is 12.6. The molecular weight excluding hydrogens is 474 g/mol. The Morgan fingerprint density at radius 3 is 2.78 bits per heavy atom. The average Bonchev–Trinajstić information content (AvgIpc) is 3.20. The standard InChI is InChI=1S/C27H28ClN7O/c1-16-5-8-29-17(9-16)14-35-24(33-23-25(35)31-15-32-26(23)36-27(2)6-7-27)21-4-3-19(11-22(21)28)34-13-18-10-20(34)12-30-18/h3-5,8-9,11,15,18,20,30H,6-7,10,12-14H2,1-2H3/t18-,20-/m1/s1. The number of hydrogen-bond acceptors (Lipinski definition) is 7. The van der Waals surface area contributed by atoms with Gasteiger partial charge in [0.25, 0.3) is 0 Å². The van der Waals surface area contributed by atoms with Crippen molar-refractivity contribution in [3.63, 3.8) is 0 Å². The first-order valence-corrected chi connectivity index (χ1v) is 13.0. The molecule has 0 amide bonds. The molecule has 5 heterocycles. The molecular formula is C27H28ClN7O. The summed E-state index contributed by atoms with van der Waals surface area (Å²) in [6.45, 7) is 6.74. The minimum atomic E-state index is -0.174. The van der Waals surface area contributed by atoms with Gasteiger partial charge in [0, 0.05) is 42.6 Å². The molecule has 1 aliphatic carbocycles. The summed E-state index contributed by atoms with van der Waals surface area (Å²) in [4.78, 5) is 21.1. The van der Waals surface area contributed by atoms with Gasteiger partial charge in [-0.3, -0.25) is 4.98 Å². The zero-order valence-corrected chi connectivity index (χ0v) is 21.2. The van der Waals surface area contributed by atoms with Crippen molar-refractivity contribution >= 4 is 28.5 Å². The van der Waals surface area contributed by atoms with Gasteiger partial charge in [0.2, 0.25) is 5.88 Å². The highest BCUT2D eigenvalue weighted by Gasteiger charge is 2.41. The number of pyridine rings is 1. The molecule has 2 aliphatic heterocycles. The van der Waals surface area contributed by atoms with E-state index in [9.17, 15) is 0 Å². The van der Waals surface area contributed by atoms with Crippen LogP contribution in [0.3, 0.4) is 0 Å². The number of benzene rings is 1. The normalized spacial score (nSPS) is 21.9. The maximum absolute atomic E-state index is 6.95. The van der Waals surface area contributed by atoms with Crippen LogP contribution in [0.4, 0.5) is 5.69 Å². The Kier molecular flexibility index (Phi) is 4.98. The van der Waals surface area contributed by atoms with Crippen LogP contribution in [-0.2, 0) is 6.54 Å². The van der Waals surface area contributed by atoms with Gasteiger partial charge in [-0.1, -0.05) is 11.6 Å². The molecule has 3 fully saturated rings. The second-order valence-electron chi connectivity index (χ2n) is 10.6. The Morgan fingerprint density at radius 1 is 1.17 bits per heavy atom. The Morgan fingerprint density at radius 2 is 2.06 bits per heavy atom. The predicted molar refractivity (Wildman–Crippen MR) is 140 cm³/mol. The minimum absolute atomic E-state index is 0.174. The van der Waals surface area contributed by atoms with Gasteiger partial charge >= 0.3 is 0 Å². The zero-order chi connectivity index (χ0) is 24.4. The van der Waals surface area contributed by atoms with E-state index in [2.05, 4.69) is 67.8 Å². The van der Waals surface area contributed by atoms with E-state index in [1.807, 2.05) is 12.3 Å². The van der Waals surface area contributed by atoms with Crippen molar-refractivity contribution in [1.29, 1.82) is 0 Å². The Bertz CT molecular complexity index is 1480. The number of imidazole rings is 1. The number of halogens is 1. The largest absolute Gasteiger partial charge is 0.470 e. The second kappa shape index (κ2) is 8.15. The van der Waals surface area contributed by atoms with Gasteiger partial charge in [0.15, 0.2) is 11.2 Å². The molecule has 1 aromatic carbocycles. The molecule has 9 heteroatoms. The number of rotatable bonds is 6. The predicted octanol–water partition coefficient (Wildman–Crippen LogP) is 4.38. The molecule has 3 aromatic heterocycles. The summed E-state index contributed by atoms with van der Waals surface area (Å²) in [5.41, 5.74) is 5.29. The topological polar surface area (TPSA) is 81.0 Å². The summed E-state index contributed by atoms with van der Waals surface area (Å²) in [5, 5.41) is 4.23. The molecule has 8 nitrogen and oxygen atoms in total. The summed E-state index contributed by atoms with van der Waals surface area (Å²) in [6, 6.07) is 11.5. The fourth-order valence-corrected chi connectivity index (χ4v) is 5.70. The number of anilines is 1. The number of ether oxygens (including phenoxy) is 1. The minimum Gasteiger partial charge on any atom is -0.470 e. The van der Waals surface area contributed by atoms with Crippen LogP contribution in [0.5, 0.6) is 5.88 Å². The SMILES string of the molecule is Cc1ccnc(Cn2c(-c3ccc(N4C[C@H]5C[C@@H]4CN5)cc3Cl)nc3c(OC4(C)CC4)ncnc32)c1. The fraction of sp³-hybridized carbons (Fsp3) is 0.407. The van der Waals surface area contributed by atoms with Crippen LogP contribution in [0, 0.1) is 6.92 Å². The van der Waals surface area contributed by atoms with Crippen molar-refractivity contribution < 1.29 is 4.74 Å². The van der Waals surface area contributed by atoms with Gasteiger partial charge in [-0.15, -0.1) is 0 Å². The molecule has 0 radical (unpaired) electrons. The lowest BCUT2D eigenvalue weighted by Crippen LogP contribution is -2.43. The first kappa shape index (κ1) is 22.0.